The SMILES string of the molecule is NC1=CC(=O)c2c(N)cccc2C12Oc1cccc3c(N)ccc(c13)O2. The Morgan fingerprint density at radius 2 is 1.54 bits per heavy atom. The molecule has 5 rings (SSSR count). The van der Waals surface area contributed by atoms with E-state index in [0.717, 1.165) is 10.8 Å². The van der Waals surface area contributed by atoms with Crippen molar-refractivity contribution in [3.05, 3.63) is 71.4 Å². The zero-order valence-corrected chi connectivity index (χ0v) is 13.7. The fourth-order valence-electron chi connectivity index (χ4n) is 3.68. The van der Waals surface area contributed by atoms with Crippen LogP contribution < -0.4 is 26.7 Å². The Balaban J connectivity index is 1.82. The lowest BCUT2D eigenvalue weighted by atomic mass is 9.86. The second-order valence-electron chi connectivity index (χ2n) is 6.39. The first-order valence-corrected chi connectivity index (χ1v) is 8.11. The number of ether oxygens (including phenoxy) is 2. The van der Waals surface area contributed by atoms with Crippen LogP contribution in [-0.4, -0.2) is 5.78 Å². The highest BCUT2D eigenvalue weighted by Gasteiger charge is 2.49. The summed E-state index contributed by atoms with van der Waals surface area (Å²) in [5.74, 6) is -0.560. The molecule has 1 unspecified atom stereocenters. The fourth-order valence-corrected chi connectivity index (χ4v) is 3.68. The van der Waals surface area contributed by atoms with Crippen LogP contribution in [-0.2, 0) is 5.79 Å². The Morgan fingerprint density at radius 1 is 0.808 bits per heavy atom. The van der Waals surface area contributed by atoms with Gasteiger partial charge in [-0.05, 0) is 30.3 Å². The van der Waals surface area contributed by atoms with Gasteiger partial charge in [0.15, 0.2) is 5.78 Å². The first-order chi connectivity index (χ1) is 12.5. The van der Waals surface area contributed by atoms with Gasteiger partial charge < -0.3 is 26.7 Å². The monoisotopic (exact) mass is 345 g/mol. The van der Waals surface area contributed by atoms with Crippen molar-refractivity contribution in [1.29, 1.82) is 0 Å². The number of carbonyl (C=O) groups is 1. The highest BCUT2D eigenvalue weighted by Crippen LogP contribution is 2.50. The number of hydrogen-bond acceptors (Lipinski definition) is 6. The van der Waals surface area contributed by atoms with Crippen molar-refractivity contribution in [3.63, 3.8) is 0 Å². The molecule has 128 valence electrons. The molecule has 3 aromatic carbocycles. The zero-order valence-electron chi connectivity index (χ0n) is 13.7. The first-order valence-electron chi connectivity index (χ1n) is 8.11. The number of nitrogen functional groups attached to an aromatic ring is 2. The van der Waals surface area contributed by atoms with Crippen molar-refractivity contribution in [1.82, 2.24) is 0 Å². The number of rotatable bonds is 0. The Bertz CT molecular complexity index is 1140. The summed E-state index contributed by atoms with van der Waals surface area (Å²) in [6, 6.07) is 14.3. The summed E-state index contributed by atoms with van der Waals surface area (Å²) in [5.41, 5.74) is 20.3. The van der Waals surface area contributed by atoms with Crippen molar-refractivity contribution in [3.8, 4) is 11.5 Å². The van der Waals surface area contributed by atoms with Crippen LogP contribution in [0.5, 0.6) is 11.5 Å². The summed E-state index contributed by atoms with van der Waals surface area (Å²) >= 11 is 0. The lowest BCUT2D eigenvalue weighted by molar-refractivity contribution is -0.0955. The average Bonchev–Trinajstić information content (AvgIpc) is 2.63. The lowest BCUT2D eigenvalue weighted by Crippen LogP contribution is -2.49. The van der Waals surface area contributed by atoms with Crippen molar-refractivity contribution in [2.24, 2.45) is 5.73 Å². The predicted octanol–water partition coefficient (Wildman–Crippen LogP) is 2.67. The molecule has 1 spiro atoms. The van der Waals surface area contributed by atoms with Crippen molar-refractivity contribution in [2.45, 2.75) is 5.79 Å². The Kier molecular flexibility index (Phi) is 2.65. The van der Waals surface area contributed by atoms with Gasteiger partial charge in [0.2, 0.25) is 0 Å². The highest BCUT2D eigenvalue weighted by molar-refractivity contribution is 6.11. The summed E-state index contributed by atoms with van der Waals surface area (Å²) in [5, 5.41) is 1.60. The normalized spacial score (nSPS) is 20.3. The Morgan fingerprint density at radius 3 is 2.35 bits per heavy atom. The van der Waals surface area contributed by atoms with Crippen LogP contribution in [0, 0.1) is 0 Å². The molecule has 1 heterocycles. The minimum Gasteiger partial charge on any atom is -0.442 e. The lowest BCUT2D eigenvalue weighted by Gasteiger charge is -2.41. The molecule has 6 N–H and O–H groups in total. The van der Waals surface area contributed by atoms with Gasteiger partial charge in [0.05, 0.1) is 16.5 Å². The maximum Gasteiger partial charge on any atom is 0.321 e. The third kappa shape index (κ3) is 1.68. The molecule has 1 aliphatic carbocycles. The molecule has 0 aromatic heterocycles. The fraction of sp³-hybridized carbons (Fsp3) is 0.0500. The highest BCUT2D eigenvalue weighted by atomic mass is 16.7. The summed E-state index contributed by atoms with van der Waals surface area (Å²) < 4.78 is 12.5. The van der Waals surface area contributed by atoms with Crippen LogP contribution in [0.2, 0.25) is 0 Å². The van der Waals surface area contributed by atoms with Crippen LogP contribution in [0.3, 0.4) is 0 Å². The van der Waals surface area contributed by atoms with E-state index in [2.05, 4.69) is 0 Å². The number of allylic oxidation sites excluding steroid dienone is 1. The summed E-state index contributed by atoms with van der Waals surface area (Å²) in [7, 11) is 0. The van der Waals surface area contributed by atoms with Crippen molar-refractivity contribution >= 4 is 27.9 Å². The van der Waals surface area contributed by atoms with E-state index in [4.69, 9.17) is 26.7 Å². The molecule has 0 saturated carbocycles. The second-order valence-corrected chi connectivity index (χ2v) is 6.39. The van der Waals surface area contributed by atoms with E-state index in [1.54, 1.807) is 30.3 Å². The van der Waals surface area contributed by atoms with Gasteiger partial charge in [-0.2, -0.15) is 0 Å². The maximum atomic E-state index is 12.5. The largest absolute Gasteiger partial charge is 0.442 e. The van der Waals surface area contributed by atoms with Gasteiger partial charge in [0.1, 0.15) is 17.2 Å². The van der Waals surface area contributed by atoms with E-state index in [0.29, 0.717) is 34.0 Å². The number of ketones is 1. The van der Waals surface area contributed by atoms with Gasteiger partial charge >= 0.3 is 5.79 Å². The molecule has 0 saturated heterocycles. The summed E-state index contributed by atoms with van der Waals surface area (Å²) in [6.45, 7) is 0. The van der Waals surface area contributed by atoms with Gasteiger partial charge in [-0.15, -0.1) is 0 Å². The zero-order chi connectivity index (χ0) is 18.1. The third-order valence-corrected chi connectivity index (χ3v) is 4.87. The topological polar surface area (TPSA) is 114 Å². The van der Waals surface area contributed by atoms with Crippen molar-refractivity contribution < 1.29 is 14.3 Å². The molecule has 6 nitrogen and oxygen atoms in total. The number of fused-ring (bicyclic) bond motifs is 2. The van der Waals surface area contributed by atoms with Crippen LogP contribution in [0.1, 0.15) is 15.9 Å². The number of carbonyl (C=O) groups excluding carboxylic acids is 1. The molecule has 0 radical (unpaired) electrons. The van der Waals surface area contributed by atoms with Gasteiger partial charge in [-0.1, -0.05) is 18.2 Å². The molecule has 2 aliphatic rings. The molecule has 1 atom stereocenters. The van der Waals surface area contributed by atoms with Crippen LogP contribution in [0.15, 0.2) is 60.3 Å². The van der Waals surface area contributed by atoms with Crippen LogP contribution in [0.25, 0.3) is 10.8 Å². The van der Waals surface area contributed by atoms with Crippen LogP contribution in [0.4, 0.5) is 11.4 Å². The number of benzene rings is 3. The number of hydrogen-bond donors (Lipinski definition) is 3. The van der Waals surface area contributed by atoms with E-state index in [1.807, 2.05) is 18.2 Å². The molecule has 0 amide bonds. The molecule has 3 aromatic rings. The standard InChI is InChI=1S/C20H15N3O3/c21-12-7-8-16-18-10(12)3-1-6-15(18)25-20(26-16)11-4-2-5-13(22)19(11)14(24)9-17(20)23/h1-9H,21-23H2. The minimum atomic E-state index is -1.45. The maximum absolute atomic E-state index is 12.5. The van der Waals surface area contributed by atoms with Crippen molar-refractivity contribution in [2.75, 3.05) is 11.5 Å². The first kappa shape index (κ1) is 14.7. The molecular formula is C20H15N3O3. The third-order valence-electron chi connectivity index (χ3n) is 4.87. The Labute approximate surface area is 148 Å². The summed E-state index contributed by atoms with van der Waals surface area (Å²) in [6.07, 6.45) is 1.31. The van der Waals surface area contributed by atoms with Gasteiger partial charge in [0.25, 0.3) is 0 Å². The second kappa shape index (κ2) is 4.70. The number of nitrogens with two attached hydrogens (primary N) is 3. The summed E-state index contributed by atoms with van der Waals surface area (Å²) in [4.78, 5) is 12.5. The molecular weight excluding hydrogens is 330 g/mol. The van der Waals surface area contributed by atoms with E-state index in [9.17, 15) is 4.79 Å². The smallest absolute Gasteiger partial charge is 0.321 e. The van der Waals surface area contributed by atoms with Gasteiger partial charge in [0, 0.05) is 22.8 Å². The van der Waals surface area contributed by atoms with E-state index >= 15 is 0 Å². The quantitative estimate of drug-likeness (QED) is 0.540. The average molecular weight is 345 g/mol. The minimum absolute atomic E-state index is 0.167. The molecule has 0 bridgehead atoms. The molecule has 26 heavy (non-hydrogen) atoms. The van der Waals surface area contributed by atoms with E-state index < -0.39 is 5.79 Å². The van der Waals surface area contributed by atoms with Gasteiger partial charge in [-0.25, -0.2) is 0 Å². The predicted molar refractivity (Wildman–Crippen MR) is 98.7 cm³/mol. The Hall–Kier alpha value is -3.67. The number of anilines is 2. The van der Waals surface area contributed by atoms with E-state index in [1.165, 1.54) is 6.08 Å². The molecule has 0 fully saturated rings. The molecule has 6 heteroatoms. The molecule has 1 aliphatic heterocycles. The van der Waals surface area contributed by atoms with Gasteiger partial charge in [-0.3, -0.25) is 4.79 Å². The van der Waals surface area contributed by atoms with E-state index in [-0.39, 0.29) is 11.5 Å². The van der Waals surface area contributed by atoms with Crippen LogP contribution >= 0.6 is 0 Å².